The number of unbranched alkanes of at least 4 members (excludes halogenated alkanes) is 1. The normalized spacial score (nSPS) is 19.5. The molecule has 1 amide bonds. The topological polar surface area (TPSA) is 108 Å². The van der Waals surface area contributed by atoms with Gasteiger partial charge in [-0.15, -0.1) is 0 Å². The van der Waals surface area contributed by atoms with Crippen molar-refractivity contribution in [1.82, 2.24) is 13.8 Å². The Bertz CT molecular complexity index is 1260. The molecule has 0 spiro atoms. The average Bonchev–Trinajstić information content (AvgIpc) is 3.28. The van der Waals surface area contributed by atoms with Crippen LogP contribution in [0.4, 0.5) is 0 Å². The number of para-hydroxylation sites is 1. The van der Waals surface area contributed by atoms with Gasteiger partial charge in [-0.3, -0.25) is 18.5 Å². The Morgan fingerprint density at radius 3 is 2.50 bits per heavy atom. The van der Waals surface area contributed by atoms with Gasteiger partial charge in [0.1, 0.15) is 11.3 Å². The predicted octanol–water partition coefficient (Wildman–Crippen LogP) is 4.20. The number of fused-ring (bicyclic) bond motifs is 2. The summed E-state index contributed by atoms with van der Waals surface area (Å²) in [7, 11) is -1.65. The number of methoxy groups -OCH3 is 1. The number of rotatable bonds is 7. The Morgan fingerprint density at radius 1 is 1.03 bits per heavy atom. The van der Waals surface area contributed by atoms with E-state index < -0.39 is 10.8 Å². The van der Waals surface area contributed by atoms with Crippen molar-refractivity contribution in [2.24, 2.45) is 0 Å². The Morgan fingerprint density at radius 2 is 1.76 bits per heavy atom. The molecule has 0 atom stereocenters. The number of carbonyl (C=O) groups is 1. The van der Waals surface area contributed by atoms with Gasteiger partial charge in [-0.05, 0) is 56.5 Å². The van der Waals surface area contributed by atoms with Crippen LogP contribution in [0.1, 0.15) is 42.1 Å². The zero-order chi connectivity index (χ0) is 23.9. The molecule has 2 aromatic carbocycles. The average molecular weight is 488 g/mol. The van der Waals surface area contributed by atoms with Crippen molar-refractivity contribution >= 4 is 27.8 Å². The summed E-state index contributed by atoms with van der Waals surface area (Å²) in [5, 5.41) is 0. The third-order valence-corrected chi connectivity index (χ3v) is 8.68. The van der Waals surface area contributed by atoms with Crippen molar-refractivity contribution in [2.75, 3.05) is 33.3 Å². The number of aromatic nitrogens is 1. The zero-order valence-corrected chi connectivity index (χ0v) is 19.9. The second kappa shape index (κ2) is 9.10. The first-order valence-electron chi connectivity index (χ1n) is 11.5. The maximum absolute atomic E-state index is 12.6. The van der Waals surface area contributed by atoms with E-state index in [0.29, 0.717) is 40.3 Å². The zero-order valence-electron chi connectivity index (χ0n) is 19.1. The summed E-state index contributed by atoms with van der Waals surface area (Å²) in [6, 6.07) is 12.2. The first-order chi connectivity index (χ1) is 16.4. The summed E-state index contributed by atoms with van der Waals surface area (Å²) in [6.45, 7) is 2.86. The van der Waals surface area contributed by atoms with Gasteiger partial charge in [0, 0.05) is 25.7 Å². The molecule has 0 aliphatic carbocycles. The quantitative estimate of drug-likeness (QED) is 0.481. The summed E-state index contributed by atoms with van der Waals surface area (Å²) >= 11 is 0. The van der Waals surface area contributed by atoms with E-state index in [4.69, 9.17) is 9.15 Å². The van der Waals surface area contributed by atoms with E-state index >= 15 is 0 Å². The number of likely N-dealkylation sites (tertiary alicyclic amines) is 1. The molecule has 0 bridgehead atoms. The van der Waals surface area contributed by atoms with E-state index in [1.165, 1.54) is 4.31 Å². The van der Waals surface area contributed by atoms with E-state index in [-0.39, 0.29) is 17.7 Å². The van der Waals surface area contributed by atoms with Gasteiger partial charge in [0.2, 0.25) is 0 Å². The Labute approximate surface area is 199 Å². The van der Waals surface area contributed by atoms with Gasteiger partial charge in [-0.2, -0.15) is 0 Å². The summed E-state index contributed by atoms with van der Waals surface area (Å²) in [5.41, 5.74) is 1.63. The molecule has 2 N–H and O–H groups in total. The van der Waals surface area contributed by atoms with Crippen LogP contribution in [0, 0.1) is 0 Å². The van der Waals surface area contributed by atoms with Gasteiger partial charge in [-0.1, -0.05) is 29.0 Å². The smallest absolute Gasteiger partial charge is 0.420 e. The molecule has 2 aliphatic rings. The molecule has 5 rings (SSSR count). The highest BCUT2D eigenvalue weighted by atomic mass is 32.3. The SMILES string of the molecule is COc1cccc2oc(=O)n(C3CCN(CCCCN4C(=O)c5ccccc5S4(O)O)CC3)c12. The lowest BCUT2D eigenvalue weighted by Gasteiger charge is -2.37. The molecular weight excluding hydrogens is 458 g/mol. The summed E-state index contributed by atoms with van der Waals surface area (Å²) in [5.74, 6) is -0.0341. The molecule has 34 heavy (non-hydrogen) atoms. The van der Waals surface area contributed by atoms with Gasteiger partial charge in [0.15, 0.2) is 5.58 Å². The molecule has 1 fully saturated rings. The lowest BCUT2D eigenvalue weighted by Crippen LogP contribution is -2.37. The van der Waals surface area contributed by atoms with E-state index in [1.54, 1.807) is 42.0 Å². The second-order valence-electron chi connectivity index (χ2n) is 8.75. The number of piperidine rings is 1. The van der Waals surface area contributed by atoms with Crippen LogP contribution in [0.2, 0.25) is 0 Å². The van der Waals surface area contributed by atoms with E-state index in [1.807, 2.05) is 12.1 Å². The fraction of sp³-hybridized carbons (Fsp3) is 0.417. The minimum atomic E-state index is -3.24. The second-order valence-corrected chi connectivity index (χ2v) is 10.7. The lowest BCUT2D eigenvalue weighted by atomic mass is 10.0. The van der Waals surface area contributed by atoms with Crippen LogP contribution in [0.3, 0.4) is 0 Å². The van der Waals surface area contributed by atoms with E-state index in [0.717, 1.165) is 38.9 Å². The number of benzene rings is 2. The Hall–Kier alpha value is -2.79. The minimum Gasteiger partial charge on any atom is -0.494 e. The number of carbonyl (C=O) groups excluding carboxylic acids is 1. The monoisotopic (exact) mass is 487 g/mol. The predicted molar refractivity (Wildman–Crippen MR) is 130 cm³/mol. The molecular formula is C24H29N3O6S. The number of nitrogens with zero attached hydrogens (tertiary/aromatic N) is 3. The molecule has 9 nitrogen and oxygen atoms in total. The van der Waals surface area contributed by atoms with Crippen LogP contribution in [-0.4, -0.2) is 62.1 Å². The maximum atomic E-state index is 12.6. The summed E-state index contributed by atoms with van der Waals surface area (Å²) in [6.07, 6.45) is 3.17. The molecule has 0 saturated carbocycles. The van der Waals surface area contributed by atoms with Crippen LogP contribution in [0.15, 0.2) is 56.6 Å². The molecule has 1 saturated heterocycles. The molecule has 0 unspecified atom stereocenters. The fourth-order valence-electron chi connectivity index (χ4n) is 5.02. The molecule has 3 heterocycles. The van der Waals surface area contributed by atoms with Gasteiger partial charge < -0.3 is 14.1 Å². The Balaban J connectivity index is 1.14. The standard InChI is InChI=1S/C24H29N3O6S/c1-32-19-8-6-9-20-22(19)27(24(29)33-20)17-11-15-25(16-12-17)13-4-5-14-26-23(28)18-7-2-3-10-21(18)34(26,30)31/h2-3,6-10,17,30-31H,4-5,11-16H2,1H3. The first kappa shape index (κ1) is 23.0. The van der Waals surface area contributed by atoms with Crippen LogP contribution in [0.5, 0.6) is 5.75 Å². The Kier molecular flexibility index (Phi) is 6.15. The van der Waals surface area contributed by atoms with Crippen LogP contribution in [0.25, 0.3) is 11.1 Å². The van der Waals surface area contributed by atoms with Gasteiger partial charge in [0.25, 0.3) is 5.91 Å². The van der Waals surface area contributed by atoms with Crippen molar-refractivity contribution < 1.29 is 23.1 Å². The molecule has 3 aromatic rings. The van der Waals surface area contributed by atoms with Gasteiger partial charge >= 0.3 is 5.76 Å². The van der Waals surface area contributed by atoms with E-state index in [9.17, 15) is 18.7 Å². The first-order valence-corrected chi connectivity index (χ1v) is 13.0. The third-order valence-electron chi connectivity index (χ3n) is 6.77. The molecule has 182 valence electrons. The number of oxazole rings is 1. The van der Waals surface area contributed by atoms with Crippen molar-refractivity contribution in [3.05, 3.63) is 58.6 Å². The molecule has 10 heteroatoms. The number of hydrogen-bond donors (Lipinski definition) is 2. The number of ether oxygens (including phenoxy) is 1. The third kappa shape index (κ3) is 3.90. The highest BCUT2D eigenvalue weighted by molar-refractivity contribution is 8.23. The van der Waals surface area contributed by atoms with Crippen molar-refractivity contribution in [1.29, 1.82) is 0 Å². The van der Waals surface area contributed by atoms with Crippen molar-refractivity contribution in [2.45, 2.75) is 36.6 Å². The van der Waals surface area contributed by atoms with Gasteiger partial charge in [-0.25, -0.2) is 9.10 Å². The largest absolute Gasteiger partial charge is 0.494 e. The summed E-state index contributed by atoms with van der Waals surface area (Å²) in [4.78, 5) is 27.8. The fourth-order valence-corrected chi connectivity index (χ4v) is 6.69. The van der Waals surface area contributed by atoms with Crippen molar-refractivity contribution in [3.63, 3.8) is 0 Å². The minimum absolute atomic E-state index is 0.0509. The lowest BCUT2D eigenvalue weighted by molar-refractivity contribution is 0.0859. The highest BCUT2D eigenvalue weighted by Gasteiger charge is 2.40. The van der Waals surface area contributed by atoms with Crippen LogP contribution >= 0.6 is 10.8 Å². The maximum Gasteiger partial charge on any atom is 0.420 e. The van der Waals surface area contributed by atoms with E-state index in [2.05, 4.69) is 4.90 Å². The van der Waals surface area contributed by atoms with Crippen LogP contribution < -0.4 is 10.5 Å². The summed E-state index contributed by atoms with van der Waals surface area (Å²) < 4.78 is 35.0. The van der Waals surface area contributed by atoms with Crippen LogP contribution in [-0.2, 0) is 0 Å². The van der Waals surface area contributed by atoms with Crippen molar-refractivity contribution in [3.8, 4) is 5.75 Å². The number of hydrogen-bond acceptors (Lipinski definition) is 7. The highest BCUT2D eigenvalue weighted by Crippen LogP contribution is 2.58. The van der Waals surface area contributed by atoms with Gasteiger partial charge in [0.05, 0.1) is 17.6 Å². The molecule has 0 radical (unpaired) electrons. The molecule has 1 aromatic heterocycles. The number of amides is 1. The molecule has 2 aliphatic heterocycles.